The first-order chi connectivity index (χ1) is 10.5. The summed E-state index contributed by atoms with van der Waals surface area (Å²) in [5, 5.41) is 11.8. The second kappa shape index (κ2) is 9.35. The summed E-state index contributed by atoms with van der Waals surface area (Å²) in [5.74, 6) is 0.0576. The highest BCUT2D eigenvalue weighted by Crippen LogP contribution is 2.23. The number of rotatable bonds is 9. The fourth-order valence-electron chi connectivity index (χ4n) is 1.88. The van der Waals surface area contributed by atoms with Gasteiger partial charge in [-0.2, -0.15) is 0 Å². The van der Waals surface area contributed by atoms with Crippen LogP contribution in [-0.2, 0) is 9.59 Å². The van der Waals surface area contributed by atoms with Crippen LogP contribution in [0.3, 0.4) is 0 Å². The van der Waals surface area contributed by atoms with Gasteiger partial charge in [0.15, 0.2) is 0 Å². The first-order valence-electron chi connectivity index (χ1n) is 7.27. The van der Waals surface area contributed by atoms with E-state index >= 15 is 0 Å². The third-order valence-electron chi connectivity index (χ3n) is 3.43. The lowest BCUT2D eigenvalue weighted by Crippen LogP contribution is -2.45. The molecule has 1 aromatic carbocycles. The average molecular weight is 325 g/mol. The molecular formula is C16H23NO4S. The van der Waals surface area contributed by atoms with E-state index in [1.54, 1.807) is 7.11 Å². The van der Waals surface area contributed by atoms with Crippen molar-refractivity contribution in [2.45, 2.75) is 37.6 Å². The van der Waals surface area contributed by atoms with E-state index in [9.17, 15) is 9.59 Å². The molecule has 0 saturated carbocycles. The van der Waals surface area contributed by atoms with Gasteiger partial charge in [0.25, 0.3) is 0 Å². The highest BCUT2D eigenvalue weighted by molar-refractivity contribution is 7.99. The molecule has 1 amide bonds. The van der Waals surface area contributed by atoms with Crippen molar-refractivity contribution < 1.29 is 19.4 Å². The Kier molecular flexibility index (Phi) is 7.80. The normalized spacial score (nSPS) is 13.2. The molecule has 0 aliphatic heterocycles. The van der Waals surface area contributed by atoms with Gasteiger partial charge in [0.1, 0.15) is 11.8 Å². The molecule has 122 valence electrons. The lowest BCUT2D eigenvalue weighted by Gasteiger charge is -2.20. The summed E-state index contributed by atoms with van der Waals surface area (Å²) >= 11 is 1.54. The minimum atomic E-state index is -0.983. The van der Waals surface area contributed by atoms with Gasteiger partial charge in [-0.05, 0) is 24.1 Å². The molecule has 2 atom stereocenters. The predicted molar refractivity (Wildman–Crippen MR) is 87.4 cm³/mol. The van der Waals surface area contributed by atoms with Crippen molar-refractivity contribution >= 4 is 23.6 Å². The van der Waals surface area contributed by atoms with E-state index in [2.05, 4.69) is 5.32 Å². The molecule has 0 aromatic heterocycles. The molecule has 2 N–H and O–H groups in total. The smallest absolute Gasteiger partial charge is 0.326 e. The van der Waals surface area contributed by atoms with Crippen LogP contribution in [0.1, 0.15) is 26.7 Å². The van der Waals surface area contributed by atoms with E-state index in [1.165, 1.54) is 11.8 Å². The molecule has 5 nitrogen and oxygen atoms in total. The number of amides is 1. The topological polar surface area (TPSA) is 75.6 Å². The molecule has 0 aliphatic rings. The summed E-state index contributed by atoms with van der Waals surface area (Å²) in [5.41, 5.74) is 0. The van der Waals surface area contributed by atoms with Crippen LogP contribution in [0, 0.1) is 5.92 Å². The summed E-state index contributed by atoms with van der Waals surface area (Å²) in [7, 11) is 1.61. The molecule has 2 unspecified atom stereocenters. The van der Waals surface area contributed by atoms with Crippen LogP contribution >= 0.6 is 11.8 Å². The summed E-state index contributed by atoms with van der Waals surface area (Å²) in [6.45, 7) is 3.73. The Labute approximate surface area is 135 Å². The number of ether oxygens (including phenoxy) is 1. The number of aliphatic carboxylic acids is 1. The van der Waals surface area contributed by atoms with E-state index in [4.69, 9.17) is 9.84 Å². The number of thioether (sulfide) groups is 1. The SMILES string of the molecule is CCC(C)C(NC(=O)CCSc1cccc(OC)c1)C(=O)O. The number of nitrogens with one attached hydrogen (secondary N) is 1. The second-order valence-corrected chi connectivity index (χ2v) is 6.21. The van der Waals surface area contributed by atoms with Crippen LogP contribution in [0.2, 0.25) is 0 Å². The van der Waals surface area contributed by atoms with Gasteiger partial charge in [0.2, 0.25) is 5.91 Å². The Morgan fingerprint density at radius 3 is 2.73 bits per heavy atom. The molecule has 0 fully saturated rings. The zero-order valence-electron chi connectivity index (χ0n) is 13.2. The zero-order chi connectivity index (χ0) is 16.5. The molecule has 6 heteroatoms. The Bertz CT molecular complexity index is 507. The van der Waals surface area contributed by atoms with Gasteiger partial charge in [-0.15, -0.1) is 11.8 Å². The van der Waals surface area contributed by atoms with Crippen molar-refractivity contribution in [3.63, 3.8) is 0 Å². The van der Waals surface area contributed by atoms with Crippen LogP contribution in [0.25, 0.3) is 0 Å². The van der Waals surface area contributed by atoms with Crippen molar-refractivity contribution in [2.75, 3.05) is 12.9 Å². The van der Waals surface area contributed by atoms with Crippen LogP contribution < -0.4 is 10.1 Å². The highest BCUT2D eigenvalue weighted by atomic mass is 32.2. The first-order valence-corrected chi connectivity index (χ1v) is 8.25. The van der Waals surface area contributed by atoms with Gasteiger partial charge in [-0.3, -0.25) is 4.79 Å². The third kappa shape index (κ3) is 5.97. The molecule has 22 heavy (non-hydrogen) atoms. The number of hydrogen-bond donors (Lipinski definition) is 2. The number of carboxylic acid groups (broad SMARTS) is 1. The van der Waals surface area contributed by atoms with E-state index in [0.29, 0.717) is 12.2 Å². The lowest BCUT2D eigenvalue weighted by molar-refractivity contribution is -0.143. The minimum Gasteiger partial charge on any atom is -0.497 e. The van der Waals surface area contributed by atoms with Crippen LogP contribution in [0.4, 0.5) is 0 Å². The standard InChI is InChI=1S/C16H23NO4S/c1-4-11(2)15(16(19)20)17-14(18)8-9-22-13-7-5-6-12(10-13)21-3/h5-7,10-11,15H,4,8-9H2,1-3H3,(H,17,18)(H,19,20). The highest BCUT2D eigenvalue weighted by Gasteiger charge is 2.24. The van der Waals surface area contributed by atoms with Gasteiger partial charge in [0, 0.05) is 17.1 Å². The van der Waals surface area contributed by atoms with E-state index in [-0.39, 0.29) is 18.2 Å². The molecule has 1 rings (SSSR count). The van der Waals surface area contributed by atoms with Gasteiger partial charge < -0.3 is 15.2 Å². The summed E-state index contributed by atoms with van der Waals surface area (Å²) in [6.07, 6.45) is 0.984. The summed E-state index contributed by atoms with van der Waals surface area (Å²) in [4.78, 5) is 24.1. The molecular weight excluding hydrogens is 302 g/mol. The van der Waals surface area contributed by atoms with Gasteiger partial charge in [0.05, 0.1) is 7.11 Å². The zero-order valence-corrected chi connectivity index (χ0v) is 14.0. The quantitative estimate of drug-likeness (QED) is 0.683. The fourth-order valence-corrected chi connectivity index (χ4v) is 2.78. The predicted octanol–water partition coefficient (Wildman–Crippen LogP) is 2.79. The number of methoxy groups -OCH3 is 1. The van der Waals surface area contributed by atoms with Gasteiger partial charge in [-0.1, -0.05) is 26.3 Å². The third-order valence-corrected chi connectivity index (χ3v) is 4.43. The molecule has 0 bridgehead atoms. The summed E-state index contributed by atoms with van der Waals surface area (Å²) in [6, 6.07) is 6.79. The van der Waals surface area contributed by atoms with Crippen LogP contribution in [0.15, 0.2) is 29.2 Å². The Morgan fingerprint density at radius 1 is 1.41 bits per heavy atom. The van der Waals surface area contributed by atoms with Crippen molar-refractivity contribution in [1.29, 1.82) is 0 Å². The van der Waals surface area contributed by atoms with Gasteiger partial charge >= 0.3 is 5.97 Å². The number of benzene rings is 1. The van der Waals surface area contributed by atoms with Crippen molar-refractivity contribution in [2.24, 2.45) is 5.92 Å². The molecule has 1 aromatic rings. The van der Waals surface area contributed by atoms with Crippen LogP contribution in [-0.4, -0.2) is 35.9 Å². The molecule has 0 spiro atoms. The molecule has 0 heterocycles. The maximum Gasteiger partial charge on any atom is 0.326 e. The fraction of sp³-hybridized carbons (Fsp3) is 0.500. The van der Waals surface area contributed by atoms with E-state index < -0.39 is 12.0 Å². The monoisotopic (exact) mass is 325 g/mol. The molecule has 0 aliphatic carbocycles. The maximum absolute atomic E-state index is 11.9. The molecule has 0 saturated heterocycles. The average Bonchev–Trinajstić information content (AvgIpc) is 2.51. The largest absolute Gasteiger partial charge is 0.497 e. The van der Waals surface area contributed by atoms with Gasteiger partial charge in [-0.25, -0.2) is 4.79 Å². The lowest BCUT2D eigenvalue weighted by atomic mass is 9.99. The number of carboxylic acids is 1. The number of carbonyl (C=O) groups excluding carboxylic acids is 1. The van der Waals surface area contributed by atoms with Crippen molar-refractivity contribution in [3.05, 3.63) is 24.3 Å². The second-order valence-electron chi connectivity index (χ2n) is 5.05. The molecule has 0 radical (unpaired) electrons. The summed E-state index contributed by atoms with van der Waals surface area (Å²) < 4.78 is 5.14. The Hall–Kier alpha value is -1.69. The first kappa shape index (κ1) is 18.4. The number of hydrogen-bond acceptors (Lipinski definition) is 4. The van der Waals surface area contributed by atoms with Crippen molar-refractivity contribution in [3.8, 4) is 5.75 Å². The van der Waals surface area contributed by atoms with E-state index in [0.717, 1.165) is 10.6 Å². The Morgan fingerprint density at radius 2 is 2.14 bits per heavy atom. The number of carbonyl (C=O) groups is 2. The van der Waals surface area contributed by atoms with Crippen LogP contribution in [0.5, 0.6) is 5.75 Å². The van der Waals surface area contributed by atoms with Crippen molar-refractivity contribution in [1.82, 2.24) is 5.32 Å². The van der Waals surface area contributed by atoms with E-state index in [1.807, 2.05) is 38.1 Å². The Balaban J connectivity index is 2.43. The minimum absolute atomic E-state index is 0.0903. The maximum atomic E-state index is 11.9.